The molecule has 0 bridgehead atoms. The largest absolute Gasteiger partial charge is 0.493 e. The van der Waals surface area contributed by atoms with Crippen LogP contribution in [0.5, 0.6) is 5.75 Å². The van der Waals surface area contributed by atoms with Crippen molar-refractivity contribution in [1.82, 2.24) is 4.98 Å². The molecule has 0 saturated heterocycles. The highest BCUT2D eigenvalue weighted by Gasteiger charge is 2.11. The molecule has 2 aromatic rings. The number of halogens is 1. The van der Waals surface area contributed by atoms with Crippen molar-refractivity contribution in [3.8, 4) is 5.75 Å². The van der Waals surface area contributed by atoms with E-state index in [-0.39, 0.29) is 0 Å². The standard InChI is InChI=1S/C16H17BrN2O/c1-11-8-14(17)10-19-16(11)18-6-4-12-2-3-15-13(9-12)5-7-20-15/h2-3,8-10H,4-7H2,1H3,(H,18,19). The molecule has 1 aliphatic heterocycles. The highest BCUT2D eigenvalue weighted by atomic mass is 79.9. The monoisotopic (exact) mass is 332 g/mol. The van der Waals surface area contributed by atoms with Crippen LogP contribution in [0.15, 0.2) is 34.9 Å². The maximum Gasteiger partial charge on any atom is 0.128 e. The minimum absolute atomic E-state index is 0.818. The van der Waals surface area contributed by atoms with E-state index in [9.17, 15) is 0 Å². The van der Waals surface area contributed by atoms with E-state index in [1.807, 2.05) is 6.20 Å². The van der Waals surface area contributed by atoms with Gasteiger partial charge >= 0.3 is 0 Å². The topological polar surface area (TPSA) is 34.2 Å². The van der Waals surface area contributed by atoms with Crippen LogP contribution in [0.1, 0.15) is 16.7 Å². The summed E-state index contributed by atoms with van der Waals surface area (Å²) in [4.78, 5) is 4.39. The van der Waals surface area contributed by atoms with Gasteiger partial charge in [0.1, 0.15) is 11.6 Å². The second-order valence-electron chi connectivity index (χ2n) is 5.04. The smallest absolute Gasteiger partial charge is 0.128 e. The summed E-state index contributed by atoms with van der Waals surface area (Å²) < 4.78 is 6.54. The highest BCUT2D eigenvalue weighted by molar-refractivity contribution is 9.10. The van der Waals surface area contributed by atoms with E-state index in [0.717, 1.165) is 47.6 Å². The number of nitrogens with one attached hydrogen (secondary N) is 1. The highest BCUT2D eigenvalue weighted by Crippen LogP contribution is 2.26. The molecule has 0 spiro atoms. The van der Waals surface area contributed by atoms with Gasteiger partial charge in [0.15, 0.2) is 0 Å². The first-order valence-corrected chi connectivity index (χ1v) is 7.62. The maximum atomic E-state index is 5.52. The molecule has 0 fully saturated rings. The van der Waals surface area contributed by atoms with Gasteiger partial charge in [-0.3, -0.25) is 0 Å². The molecule has 0 radical (unpaired) electrons. The zero-order valence-electron chi connectivity index (χ0n) is 11.4. The molecule has 20 heavy (non-hydrogen) atoms. The predicted molar refractivity (Wildman–Crippen MR) is 84.5 cm³/mol. The van der Waals surface area contributed by atoms with Crippen molar-refractivity contribution < 1.29 is 4.74 Å². The first-order chi connectivity index (χ1) is 9.72. The third-order valence-electron chi connectivity index (χ3n) is 3.50. The minimum Gasteiger partial charge on any atom is -0.493 e. The molecule has 1 N–H and O–H groups in total. The predicted octanol–water partition coefficient (Wildman–Crippen LogP) is 3.74. The van der Waals surface area contributed by atoms with E-state index in [4.69, 9.17) is 4.74 Å². The maximum absolute atomic E-state index is 5.52. The van der Waals surface area contributed by atoms with Gasteiger partial charge in [0.2, 0.25) is 0 Å². The van der Waals surface area contributed by atoms with Gasteiger partial charge in [0, 0.05) is 23.6 Å². The number of fused-ring (bicyclic) bond motifs is 1. The number of pyridine rings is 1. The summed E-state index contributed by atoms with van der Waals surface area (Å²) >= 11 is 3.43. The molecule has 2 heterocycles. The van der Waals surface area contributed by atoms with Crippen LogP contribution in [0.4, 0.5) is 5.82 Å². The zero-order valence-corrected chi connectivity index (χ0v) is 13.0. The molecule has 1 aliphatic rings. The Morgan fingerprint density at radius 2 is 2.25 bits per heavy atom. The average Bonchev–Trinajstić information content (AvgIpc) is 2.89. The molecule has 3 nitrogen and oxygen atoms in total. The van der Waals surface area contributed by atoms with Crippen LogP contribution >= 0.6 is 15.9 Å². The van der Waals surface area contributed by atoms with E-state index in [2.05, 4.69) is 57.4 Å². The molecular weight excluding hydrogens is 316 g/mol. The van der Waals surface area contributed by atoms with Gasteiger partial charge in [-0.05, 0) is 58.1 Å². The number of benzene rings is 1. The quantitative estimate of drug-likeness (QED) is 0.925. The zero-order chi connectivity index (χ0) is 13.9. The average molecular weight is 333 g/mol. The summed E-state index contributed by atoms with van der Waals surface area (Å²) in [5, 5.41) is 3.39. The molecule has 0 amide bonds. The molecular formula is C16H17BrN2O. The first kappa shape index (κ1) is 13.4. The SMILES string of the molecule is Cc1cc(Br)cnc1NCCc1ccc2c(c1)CCO2. The summed E-state index contributed by atoms with van der Waals surface area (Å²) in [5.74, 6) is 2.00. The second kappa shape index (κ2) is 5.83. The van der Waals surface area contributed by atoms with Crippen LogP contribution in [-0.4, -0.2) is 18.1 Å². The van der Waals surface area contributed by atoms with Gasteiger partial charge < -0.3 is 10.1 Å². The number of hydrogen-bond acceptors (Lipinski definition) is 3. The number of rotatable bonds is 4. The summed E-state index contributed by atoms with van der Waals surface area (Å²) in [6, 6.07) is 8.56. The molecule has 0 atom stereocenters. The Balaban J connectivity index is 1.60. The first-order valence-electron chi connectivity index (χ1n) is 6.83. The molecule has 1 aromatic carbocycles. The number of nitrogens with zero attached hydrogens (tertiary/aromatic N) is 1. The van der Waals surface area contributed by atoms with Crippen LogP contribution < -0.4 is 10.1 Å². The fourth-order valence-corrected chi connectivity index (χ4v) is 2.89. The molecule has 0 saturated carbocycles. The number of ether oxygens (including phenoxy) is 1. The molecule has 1 aromatic heterocycles. The van der Waals surface area contributed by atoms with Crippen molar-refractivity contribution in [2.45, 2.75) is 19.8 Å². The van der Waals surface area contributed by atoms with Crippen molar-refractivity contribution in [1.29, 1.82) is 0 Å². The lowest BCUT2D eigenvalue weighted by Crippen LogP contribution is -2.07. The van der Waals surface area contributed by atoms with Crippen LogP contribution in [-0.2, 0) is 12.8 Å². The Bertz CT molecular complexity index is 628. The normalized spacial score (nSPS) is 12.9. The Kier molecular flexibility index (Phi) is 3.92. The summed E-state index contributed by atoms with van der Waals surface area (Å²) in [6.45, 7) is 3.76. The Hall–Kier alpha value is -1.55. The van der Waals surface area contributed by atoms with E-state index in [0.29, 0.717) is 0 Å². The van der Waals surface area contributed by atoms with E-state index in [1.165, 1.54) is 11.1 Å². The Morgan fingerprint density at radius 3 is 3.10 bits per heavy atom. The second-order valence-corrected chi connectivity index (χ2v) is 5.95. The molecule has 0 aliphatic carbocycles. The van der Waals surface area contributed by atoms with Crippen LogP contribution in [0.3, 0.4) is 0 Å². The molecule has 4 heteroatoms. The van der Waals surface area contributed by atoms with Crippen molar-refractivity contribution >= 4 is 21.7 Å². The third kappa shape index (κ3) is 2.96. The van der Waals surface area contributed by atoms with E-state index < -0.39 is 0 Å². The number of anilines is 1. The van der Waals surface area contributed by atoms with Crippen molar-refractivity contribution in [3.63, 3.8) is 0 Å². The summed E-state index contributed by atoms with van der Waals surface area (Å²) in [5.41, 5.74) is 3.83. The van der Waals surface area contributed by atoms with E-state index in [1.54, 1.807) is 0 Å². The molecule has 104 valence electrons. The minimum atomic E-state index is 0.818. The summed E-state index contributed by atoms with van der Waals surface area (Å²) in [7, 11) is 0. The van der Waals surface area contributed by atoms with E-state index >= 15 is 0 Å². The fourth-order valence-electron chi connectivity index (χ4n) is 2.45. The van der Waals surface area contributed by atoms with Gasteiger partial charge in [-0.25, -0.2) is 4.98 Å². The van der Waals surface area contributed by atoms with Crippen LogP contribution in [0, 0.1) is 6.92 Å². The Morgan fingerprint density at radius 1 is 1.35 bits per heavy atom. The van der Waals surface area contributed by atoms with Gasteiger partial charge in [-0.1, -0.05) is 12.1 Å². The molecule has 0 unspecified atom stereocenters. The fraction of sp³-hybridized carbons (Fsp3) is 0.312. The summed E-state index contributed by atoms with van der Waals surface area (Å²) in [6.07, 6.45) is 3.84. The van der Waals surface area contributed by atoms with Crippen LogP contribution in [0.2, 0.25) is 0 Å². The number of hydrogen-bond donors (Lipinski definition) is 1. The third-order valence-corrected chi connectivity index (χ3v) is 3.94. The van der Waals surface area contributed by atoms with Crippen molar-refractivity contribution in [3.05, 3.63) is 51.6 Å². The Labute approximate surface area is 127 Å². The van der Waals surface area contributed by atoms with Crippen LogP contribution in [0.25, 0.3) is 0 Å². The van der Waals surface area contributed by atoms with Gasteiger partial charge in [-0.2, -0.15) is 0 Å². The molecule has 3 rings (SSSR count). The number of aromatic nitrogens is 1. The van der Waals surface area contributed by atoms with Gasteiger partial charge in [0.25, 0.3) is 0 Å². The lowest BCUT2D eigenvalue weighted by atomic mass is 10.1. The van der Waals surface area contributed by atoms with Crippen molar-refractivity contribution in [2.24, 2.45) is 0 Å². The number of aryl methyl sites for hydroxylation is 1. The van der Waals surface area contributed by atoms with Gasteiger partial charge in [0.05, 0.1) is 6.61 Å². The lowest BCUT2D eigenvalue weighted by Gasteiger charge is -2.09. The van der Waals surface area contributed by atoms with Crippen molar-refractivity contribution in [2.75, 3.05) is 18.5 Å². The van der Waals surface area contributed by atoms with Gasteiger partial charge in [-0.15, -0.1) is 0 Å². The lowest BCUT2D eigenvalue weighted by molar-refractivity contribution is 0.357.